The number of likely N-dealkylation sites (tertiary alicyclic amines) is 1. The molecule has 0 unspecified atom stereocenters. The lowest BCUT2D eigenvalue weighted by atomic mass is 10.2. The van der Waals surface area contributed by atoms with Crippen molar-refractivity contribution in [1.29, 1.82) is 0 Å². The third-order valence-corrected chi connectivity index (χ3v) is 3.24. The summed E-state index contributed by atoms with van der Waals surface area (Å²) < 4.78 is 42.3. The van der Waals surface area contributed by atoms with Gasteiger partial charge < -0.3 is 4.74 Å². The van der Waals surface area contributed by atoms with Crippen molar-refractivity contribution < 1.29 is 17.9 Å². The number of hydrogen-bond acceptors (Lipinski definition) is 3. The van der Waals surface area contributed by atoms with Gasteiger partial charge in [-0.2, -0.15) is 18.3 Å². The smallest absolute Gasteiger partial charge is 0.371 e. The van der Waals surface area contributed by atoms with Crippen molar-refractivity contribution in [2.45, 2.75) is 31.6 Å². The second-order valence-electron chi connectivity index (χ2n) is 4.73. The molecule has 108 valence electrons. The molecule has 19 heavy (non-hydrogen) atoms. The van der Waals surface area contributed by atoms with Gasteiger partial charge in [-0.25, -0.2) is 0 Å². The number of ether oxygens (including phenoxy) is 1. The van der Waals surface area contributed by atoms with Crippen LogP contribution in [0, 0.1) is 0 Å². The van der Waals surface area contributed by atoms with Crippen molar-refractivity contribution in [3.8, 4) is 0 Å². The fourth-order valence-electron chi connectivity index (χ4n) is 2.39. The molecule has 0 radical (unpaired) electrons. The maximum Gasteiger partial charge on any atom is 0.411 e. The van der Waals surface area contributed by atoms with E-state index in [1.165, 1.54) is 0 Å². The zero-order valence-electron chi connectivity index (χ0n) is 10.6. The predicted molar refractivity (Wildman–Crippen MR) is 63.7 cm³/mol. The van der Waals surface area contributed by atoms with E-state index in [1.807, 2.05) is 16.9 Å². The molecule has 4 nitrogen and oxygen atoms in total. The van der Waals surface area contributed by atoms with Gasteiger partial charge in [0.15, 0.2) is 0 Å². The lowest BCUT2D eigenvalue weighted by Crippen LogP contribution is -2.36. The van der Waals surface area contributed by atoms with Gasteiger partial charge in [0.2, 0.25) is 0 Å². The van der Waals surface area contributed by atoms with Crippen molar-refractivity contribution in [3.63, 3.8) is 0 Å². The first-order chi connectivity index (χ1) is 9.04. The Bertz CT molecular complexity index is 367. The van der Waals surface area contributed by atoms with E-state index in [9.17, 15) is 13.2 Å². The Morgan fingerprint density at radius 2 is 2.21 bits per heavy atom. The average Bonchev–Trinajstić information content (AvgIpc) is 2.96. The van der Waals surface area contributed by atoms with Crippen LogP contribution in [0.1, 0.15) is 12.8 Å². The zero-order chi connectivity index (χ0) is 13.7. The quantitative estimate of drug-likeness (QED) is 0.744. The van der Waals surface area contributed by atoms with E-state index >= 15 is 0 Å². The third kappa shape index (κ3) is 4.83. The van der Waals surface area contributed by atoms with Crippen molar-refractivity contribution >= 4 is 0 Å². The van der Waals surface area contributed by atoms with E-state index in [2.05, 4.69) is 14.7 Å². The van der Waals surface area contributed by atoms with Gasteiger partial charge in [-0.1, -0.05) is 0 Å². The Labute approximate surface area is 110 Å². The van der Waals surface area contributed by atoms with Crippen LogP contribution in [0.5, 0.6) is 0 Å². The van der Waals surface area contributed by atoms with Gasteiger partial charge in [-0.05, 0) is 25.5 Å². The molecule has 1 fully saturated rings. The topological polar surface area (TPSA) is 30.3 Å². The summed E-state index contributed by atoms with van der Waals surface area (Å²) in [6.07, 6.45) is 1.52. The molecule has 1 atom stereocenters. The molecule has 2 rings (SSSR count). The summed E-state index contributed by atoms with van der Waals surface area (Å²) in [6, 6.07) is 2.21. The minimum absolute atomic E-state index is 0.120. The Hall–Kier alpha value is -1.08. The van der Waals surface area contributed by atoms with E-state index in [1.54, 1.807) is 6.20 Å². The Morgan fingerprint density at radius 3 is 2.89 bits per heavy atom. The average molecular weight is 277 g/mol. The van der Waals surface area contributed by atoms with E-state index in [4.69, 9.17) is 0 Å². The molecular weight excluding hydrogens is 259 g/mol. The predicted octanol–water partition coefficient (Wildman–Crippen LogP) is 1.93. The fraction of sp³-hybridized carbons (Fsp3) is 0.750. The van der Waals surface area contributed by atoms with Gasteiger partial charge in [-0.3, -0.25) is 9.58 Å². The maximum absolute atomic E-state index is 11.9. The molecule has 0 aliphatic carbocycles. The van der Waals surface area contributed by atoms with E-state index in [0.29, 0.717) is 12.6 Å². The van der Waals surface area contributed by atoms with Gasteiger partial charge in [0.05, 0.1) is 13.2 Å². The molecular formula is C12H18F3N3O. The number of rotatable bonds is 6. The molecule has 0 bridgehead atoms. The first-order valence-corrected chi connectivity index (χ1v) is 6.40. The molecule has 1 aliphatic rings. The van der Waals surface area contributed by atoms with Crippen LogP contribution in [0.4, 0.5) is 13.2 Å². The standard InChI is InChI=1S/C12H18F3N3O/c13-12(14,15)10-19-8-7-17-5-1-3-11(17)9-18-6-2-4-16-18/h2,4,6,11H,1,3,5,7-10H2/t11-/m1/s1. The molecule has 0 N–H and O–H groups in total. The van der Waals surface area contributed by atoms with Crippen LogP contribution in [-0.2, 0) is 11.3 Å². The van der Waals surface area contributed by atoms with E-state index in [0.717, 1.165) is 25.9 Å². The second kappa shape index (κ2) is 6.38. The summed E-state index contributed by atoms with van der Waals surface area (Å²) in [4.78, 5) is 2.18. The van der Waals surface area contributed by atoms with Gasteiger partial charge >= 0.3 is 6.18 Å². The van der Waals surface area contributed by atoms with Crippen LogP contribution in [0.3, 0.4) is 0 Å². The minimum atomic E-state index is -4.24. The van der Waals surface area contributed by atoms with Crippen LogP contribution < -0.4 is 0 Å². The molecule has 0 aromatic carbocycles. The molecule has 0 saturated carbocycles. The summed E-state index contributed by atoms with van der Waals surface area (Å²) in [7, 11) is 0. The highest BCUT2D eigenvalue weighted by atomic mass is 19.4. The van der Waals surface area contributed by atoms with Crippen molar-refractivity contribution in [1.82, 2.24) is 14.7 Å². The first-order valence-electron chi connectivity index (χ1n) is 6.40. The second-order valence-corrected chi connectivity index (χ2v) is 4.73. The Morgan fingerprint density at radius 1 is 1.37 bits per heavy atom. The highest BCUT2D eigenvalue weighted by Gasteiger charge is 2.28. The number of alkyl halides is 3. The normalized spacial score (nSPS) is 21.1. The summed E-state index contributed by atoms with van der Waals surface area (Å²) in [6.45, 7) is 1.20. The molecule has 2 heterocycles. The lowest BCUT2D eigenvalue weighted by Gasteiger charge is -2.24. The Balaban J connectivity index is 1.70. The van der Waals surface area contributed by atoms with Gasteiger partial charge in [0.1, 0.15) is 6.61 Å². The molecule has 0 spiro atoms. The molecule has 1 aliphatic heterocycles. The monoisotopic (exact) mass is 277 g/mol. The highest BCUT2D eigenvalue weighted by molar-refractivity contribution is 4.83. The van der Waals surface area contributed by atoms with Gasteiger partial charge in [0.25, 0.3) is 0 Å². The van der Waals surface area contributed by atoms with E-state index < -0.39 is 12.8 Å². The zero-order valence-corrected chi connectivity index (χ0v) is 10.6. The van der Waals surface area contributed by atoms with Gasteiger partial charge in [0, 0.05) is 25.0 Å². The number of nitrogens with zero attached hydrogens (tertiary/aromatic N) is 3. The van der Waals surface area contributed by atoms with Crippen molar-refractivity contribution in [3.05, 3.63) is 18.5 Å². The van der Waals surface area contributed by atoms with Crippen LogP contribution in [0.15, 0.2) is 18.5 Å². The molecule has 7 heteroatoms. The first kappa shape index (κ1) is 14.3. The van der Waals surface area contributed by atoms with Crippen molar-refractivity contribution in [2.24, 2.45) is 0 Å². The van der Waals surface area contributed by atoms with Crippen LogP contribution in [-0.4, -0.2) is 53.2 Å². The minimum Gasteiger partial charge on any atom is -0.371 e. The van der Waals surface area contributed by atoms with Crippen LogP contribution in [0.2, 0.25) is 0 Å². The summed E-state index contributed by atoms with van der Waals surface area (Å²) in [5.41, 5.74) is 0. The number of aromatic nitrogens is 2. The summed E-state index contributed by atoms with van der Waals surface area (Å²) in [5, 5.41) is 4.15. The van der Waals surface area contributed by atoms with Crippen molar-refractivity contribution in [2.75, 3.05) is 26.3 Å². The van der Waals surface area contributed by atoms with E-state index in [-0.39, 0.29) is 6.61 Å². The summed E-state index contributed by atoms with van der Waals surface area (Å²) in [5.74, 6) is 0. The van der Waals surface area contributed by atoms with Crippen LogP contribution >= 0.6 is 0 Å². The molecule has 0 amide bonds. The maximum atomic E-state index is 11.9. The molecule has 1 aromatic heterocycles. The third-order valence-electron chi connectivity index (χ3n) is 3.24. The highest BCUT2D eigenvalue weighted by Crippen LogP contribution is 2.19. The Kier molecular flexibility index (Phi) is 4.81. The molecule has 1 aromatic rings. The van der Waals surface area contributed by atoms with Crippen LogP contribution in [0.25, 0.3) is 0 Å². The lowest BCUT2D eigenvalue weighted by molar-refractivity contribution is -0.174. The molecule has 1 saturated heterocycles. The number of halogens is 3. The van der Waals surface area contributed by atoms with Gasteiger partial charge in [-0.15, -0.1) is 0 Å². The SMILES string of the molecule is FC(F)(F)COCCN1CCC[C@@H]1Cn1cccn1. The number of hydrogen-bond donors (Lipinski definition) is 0. The largest absolute Gasteiger partial charge is 0.411 e. The fourth-order valence-corrected chi connectivity index (χ4v) is 2.39. The summed E-state index contributed by atoms with van der Waals surface area (Å²) >= 11 is 0.